The molecule has 1 nitrogen and oxygen atoms in total. The monoisotopic (exact) mass is 295 g/mol. The van der Waals surface area contributed by atoms with Crippen LogP contribution in [-0.4, -0.2) is 20.8 Å². The summed E-state index contributed by atoms with van der Waals surface area (Å²) < 4.78 is 2.63. The van der Waals surface area contributed by atoms with Crippen molar-refractivity contribution < 1.29 is 0 Å². The molecule has 21 heavy (non-hydrogen) atoms. The van der Waals surface area contributed by atoms with E-state index in [1.54, 1.807) is 0 Å². The molecular formula is C19H25NSi. The van der Waals surface area contributed by atoms with E-state index in [1.807, 2.05) is 0 Å². The van der Waals surface area contributed by atoms with E-state index in [0.29, 0.717) is 6.04 Å². The molecule has 1 atom stereocenters. The summed E-state index contributed by atoms with van der Waals surface area (Å²) in [5, 5.41) is 1.43. The van der Waals surface area contributed by atoms with E-state index in [2.05, 4.69) is 79.1 Å². The lowest BCUT2D eigenvalue weighted by Crippen LogP contribution is -2.38. The quantitative estimate of drug-likeness (QED) is 0.521. The number of hydrogen-bond acceptors (Lipinski definition) is 1. The molecule has 0 bridgehead atoms. The van der Waals surface area contributed by atoms with Crippen LogP contribution in [0.4, 0.5) is 0 Å². The maximum Gasteiger partial charge on any atom is 0.183 e. The highest BCUT2D eigenvalue weighted by Crippen LogP contribution is 2.19. The number of rotatable bonds is 8. The Balaban J connectivity index is 2.07. The van der Waals surface area contributed by atoms with Gasteiger partial charge in [0.05, 0.1) is 0 Å². The zero-order valence-electron chi connectivity index (χ0n) is 13.1. The van der Waals surface area contributed by atoms with Gasteiger partial charge in [-0.05, 0) is 30.6 Å². The summed E-state index contributed by atoms with van der Waals surface area (Å²) in [5.41, 5.74) is 1.41. The molecule has 0 aliphatic carbocycles. The molecule has 0 amide bonds. The lowest BCUT2D eigenvalue weighted by atomic mass is 10.1. The first-order chi connectivity index (χ1) is 10.3. The first kappa shape index (κ1) is 16.0. The van der Waals surface area contributed by atoms with Crippen LogP contribution in [0.2, 0.25) is 0 Å². The predicted octanol–water partition coefficient (Wildman–Crippen LogP) is 4.18. The highest BCUT2D eigenvalue weighted by atomic mass is 28.2. The van der Waals surface area contributed by atoms with Gasteiger partial charge in [-0.15, -0.1) is 0 Å². The largest absolute Gasteiger partial charge is 0.315 e. The van der Waals surface area contributed by atoms with Crippen LogP contribution in [0.5, 0.6) is 0 Å². The van der Waals surface area contributed by atoms with Crippen molar-refractivity contribution in [1.29, 1.82) is 0 Å². The van der Waals surface area contributed by atoms with Crippen LogP contribution in [-0.2, 0) is 0 Å². The van der Waals surface area contributed by atoms with Gasteiger partial charge in [0.2, 0.25) is 0 Å². The number of unbranched alkanes of at least 4 members (excludes halogenated alkanes) is 2. The Morgan fingerprint density at radius 3 is 2.14 bits per heavy atom. The Hall–Kier alpha value is -1.38. The lowest BCUT2D eigenvalue weighted by molar-refractivity contribution is 0.351. The average molecular weight is 296 g/mol. The molecule has 2 aromatic carbocycles. The van der Waals surface area contributed by atoms with Gasteiger partial charge in [0, 0.05) is 6.04 Å². The van der Waals surface area contributed by atoms with Crippen molar-refractivity contribution in [3.8, 4) is 0 Å². The smallest absolute Gasteiger partial charge is 0.183 e. The molecular weight excluding hydrogens is 270 g/mol. The molecule has 0 heterocycles. The third-order valence-corrected chi connectivity index (χ3v) is 5.29. The van der Waals surface area contributed by atoms with E-state index < -0.39 is 0 Å². The highest BCUT2D eigenvalue weighted by Gasteiger charge is 2.16. The van der Waals surface area contributed by atoms with E-state index in [9.17, 15) is 0 Å². The lowest BCUT2D eigenvalue weighted by Gasteiger charge is -2.29. The molecule has 0 aliphatic heterocycles. The van der Waals surface area contributed by atoms with Crippen LogP contribution in [0, 0.1) is 0 Å². The molecule has 2 heteroatoms. The molecule has 0 saturated carbocycles. The Morgan fingerprint density at radius 2 is 1.52 bits per heavy atom. The SMILES string of the molecule is CCCCCN([Si]c1ccccc1)C(C)c1ccccc1. The summed E-state index contributed by atoms with van der Waals surface area (Å²) in [7, 11) is 0.746. The van der Waals surface area contributed by atoms with Crippen LogP contribution in [0.1, 0.15) is 44.7 Å². The highest BCUT2D eigenvalue weighted by molar-refractivity contribution is 6.50. The van der Waals surface area contributed by atoms with Gasteiger partial charge >= 0.3 is 0 Å². The second kappa shape index (κ2) is 8.80. The van der Waals surface area contributed by atoms with Crippen molar-refractivity contribution >= 4 is 14.9 Å². The van der Waals surface area contributed by atoms with Crippen LogP contribution < -0.4 is 5.19 Å². The molecule has 0 spiro atoms. The minimum atomic E-state index is 0.474. The fourth-order valence-corrected chi connectivity index (χ4v) is 3.75. The van der Waals surface area contributed by atoms with E-state index >= 15 is 0 Å². The maximum absolute atomic E-state index is 2.63. The second-order valence-corrected chi connectivity index (χ2v) is 6.84. The fraction of sp³-hybridized carbons (Fsp3) is 0.368. The number of benzene rings is 2. The summed E-state index contributed by atoms with van der Waals surface area (Å²) in [6.07, 6.45) is 3.88. The number of nitrogens with zero attached hydrogens (tertiary/aromatic N) is 1. The van der Waals surface area contributed by atoms with Crippen molar-refractivity contribution in [3.05, 3.63) is 66.2 Å². The molecule has 2 aromatic rings. The Labute approximate surface area is 131 Å². The van der Waals surface area contributed by atoms with Crippen molar-refractivity contribution in [3.63, 3.8) is 0 Å². The molecule has 0 aromatic heterocycles. The summed E-state index contributed by atoms with van der Waals surface area (Å²) in [4.78, 5) is 0. The van der Waals surface area contributed by atoms with E-state index in [-0.39, 0.29) is 0 Å². The van der Waals surface area contributed by atoms with E-state index in [0.717, 1.165) is 9.68 Å². The van der Waals surface area contributed by atoms with Gasteiger partial charge in [0.1, 0.15) is 0 Å². The van der Waals surface area contributed by atoms with Gasteiger partial charge in [-0.2, -0.15) is 0 Å². The molecule has 2 rings (SSSR count). The zero-order valence-corrected chi connectivity index (χ0v) is 14.1. The fourth-order valence-electron chi connectivity index (χ4n) is 2.47. The van der Waals surface area contributed by atoms with Gasteiger partial charge in [-0.25, -0.2) is 0 Å². The van der Waals surface area contributed by atoms with Gasteiger partial charge in [0.25, 0.3) is 0 Å². The van der Waals surface area contributed by atoms with Gasteiger partial charge in [0.15, 0.2) is 9.68 Å². The molecule has 0 saturated heterocycles. The van der Waals surface area contributed by atoms with Crippen LogP contribution >= 0.6 is 0 Å². The van der Waals surface area contributed by atoms with Gasteiger partial charge in [-0.1, -0.05) is 80.4 Å². The van der Waals surface area contributed by atoms with Crippen molar-refractivity contribution in [2.45, 2.75) is 39.2 Å². The molecule has 1 unspecified atom stereocenters. The maximum atomic E-state index is 2.63. The second-order valence-electron chi connectivity index (χ2n) is 5.46. The Kier molecular flexibility index (Phi) is 6.71. The van der Waals surface area contributed by atoms with E-state index in [4.69, 9.17) is 0 Å². The third-order valence-electron chi connectivity index (χ3n) is 3.80. The van der Waals surface area contributed by atoms with E-state index in [1.165, 1.54) is 36.6 Å². The summed E-state index contributed by atoms with van der Waals surface area (Å²) in [6, 6.07) is 22.2. The normalized spacial score (nSPS) is 12.5. The minimum Gasteiger partial charge on any atom is -0.315 e. The van der Waals surface area contributed by atoms with Crippen molar-refractivity contribution in [2.75, 3.05) is 6.54 Å². The summed E-state index contributed by atoms with van der Waals surface area (Å²) >= 11 is 0. The Bertz CT molecular complexity index is 497. The Morgan fingerprint density at radius 1 is 0.905 bits per heavy atom. The average Bonchev–Trinajstić information content (AvgIpc) is 2.55. The molecule has 0 aliphatic rings. The van der Waals surface area contributed by atoms with Gasteiger partial charge in [-0.3, -0.25) is 0 Å². The molecule has 0 fully saturated rings. The van der Waals surface area contributed by atoms with Crippen molar-refractivity contribution in [1.82, 2.24) is 4.57 Å². The van der Waals surface area contributed by atoms with Crippen LogP contribution in [0.3, 0.4) is 0 Å². The summed E-state index contributed by atoms with van der Waals surface area (Å²) in [5.74, 6) is 0. The first-order valence-corrected chi connectivity index (χ1v) is 8.89. The summed E-state index contributed by atoms with van der Waals surface area (Å²) in [6.45, 7) is 5.78. The molecule has 0 N–H and O–H groups in total. The number of hydrogen-bond donors (Lipinski definition) is 0. The third kappa shape index (κ3) is 5.14. The predicted molar refractivity (Wildman–Crippen MR) is 92.9 cm³/mol. The topological polar surface area (TPSA) is 3.24 Å². The van der Waals surface area contributed by atoms with Crippen molar-refractivity contribution in [2.24, 2.45) is 0 Å². The zero-order chi connectivity index (χ0) is 14.9. The first-order valence-electron chi connectivity index (χ1n) is 7.94. The van der Waals surface area contributed by atoms with Crippen LogP contribution in [0.25, 0.3) is 0 Å². The van der Waals surface area contributed by atoms with Crippen LogP contribution in [0.15, 0.2) is 60.7 Å². The molecule has 2 radical (unpaired) electrons. The molecule has 110 valence electrons. The van der Waals surface area contributed by atoms with Gasteiger partial charge < -0.3 is 4.57 Å². The minimum absolute atomic E-state index is 0.474. The standard InChI is InChI=1S/C19H25NSi/c1-3-4-11-16-20(21-19-14-9-6-10-15-19)17(2)18-12-7-5-8-13-18/h5-10,12-15,17H,3-4,11,16H2,1-2H3.